The number of carbonyl (C=O) groups is 1. The Morgan fingerprint density at radius 3 is 3.05 bits per heavy atom. The van der Waals surface area contributed by atoms with Crippen molar-refractivity contribution in [3.63, 3.8) is 0 Å². The molecule has 2 saturated heterocycles. The Morgan fingerprint density at radius 1 is 1.33 bits per heavy atom. The SMILES string of the molecule is O=C(O)CCn1cc(CN2CCCN3CCC[C@H]3C2)cn1. The van der Waals surface area contributed by atoms with E-state index in [1.807, 2.05) is 12.4 Å². The molecule has 1 aromatic heterocycles. The highest BCUT2D eigenvalue weighted by atomic mass is 16.4. The van der Waals surface area contributed by atoms with Gasteiger partial charge in [0, 0.05) is 30.9 Å². The van der Waals surface area contributed by atoms with E-state index >= 15 is 0 Å². The molecule has 21 heavy (non-hydrogen) atoms. The number of aromatic nitrogens is 2. The number of rotatable bonds is 5. The van der Waals surface area contributed by atoms with E-state index in [2.05, 4.69) is 14.9 Å². The topological polar surface area (TPSA) is 61.6 Å². The van der Waals surface area contributed by atoms with Gasteiger partial charge in [0.2, 0.25) is 0 Å². The van der Waals surface area contributed by atoms with E-state index in [0.29, 0.717) is 6.54 Å². The summed E-state index contributed by atoms with van der Waals surface area (Å²) in [6.07, 6.45) is 7.89. The number of carboxylic acid groups (broad SMARTS) is 1. The lowest BCUT2D eigenvalue weighted by atomic mass is 10.2. The summed E-state index contributed by atoms with van der Waals surface area (Å²) in [6, 6.07) is 0.731. The zero-order chi connectivity index (χ0) is 14.7. The molecule has 0 bridgehead atoms. The molecule has 0 amide bonds. The van der Waals surface area contributed by atoms with Gasteiger partial charge in [0.05, 0.1) is 19.2 Å². The molecule has 0 unspecified atom stereocenters. The molecule has 0 aromatic carbocycles. The summed E-state index contributed by atoms with van der Waals surface area (Å²) < 4.78 is 1.74. The summed E-state index contributed by atoms with van der Waals surface area (Å²) in [5.41, 5.74) is 1.19. The lowest BCUT2D eigenvalue weighted by molar-refractivity contribution is -0.137. The highest BCUT2D eigenvalue weighted by Gasteiger charge is 2.28. The molecule has 2 fully saturated rings. The van der Waals surface area contributed by atoms with Crippen LogP contribution in [0.5, 0.6) is 0 Å². The third-order valence-corrected chi connectivity index (χ3v) is 4.54. The van der Waals surface area contributed by atoms with Crippen molar-refractivity contribution in [2.24, 2.45) is 0 Å². The minimum absolute atomic E-state index is 0.127. The molecule has 1 N–H and O–H groups in total. The minimum Gasteiger partial charge on any atom is -0.481 e. The molecule has 6 heteroatoms. The fourth-order valence-corrected chi connectivity index (χ4v) is 3.51. The van der Waals surface area contributed by atoms with Crippen molar-refractivity contribution in [2.45, 2.75) is 44.8 Å². The Morgan fingerprint density at radius 2 is 2.19 bits per heavy atom. The van der Waals surface area contributed by atoms with E-state index < -0.39 is 5.97 Å². The van der Waals surface area contributed by atoms with Crippen molar-refractivity contribution in [3.8, 4) is 0 Å². The molecule has 0 spiro atoms. The number of aryl methyl sites for hydroxylation is 1. The number of hydrogen-bond acceptors (Lipinski definition) is 4. The summed E-state index contributed by atoms with van der Waals surface area (Å²) in [4.78, 5) is 15.7. The van der Waals surface area contributed by atoms with Crippen molar-refractivity contribution in [3.05, 3.63) is 18.0 Å². The van der Waals surface area contributed by atoms with Gasteiger partial charge in [-0.05, 0) is 38.9 Å². The summed E-state index contributed by atoms with van der Waals surface area (Å²) in [5, 5.41) is 13.0. The van der Waals surface area contributed by atoms with E-state index in [1.165, 1.54) is 37.9 Å². The molecule has 1 aromatic rings. The van der Waals surface area contributed by atoms with Crippen LogP contribution >= 0.6 is 0 Å². The van der Waals surface area contributed by atoms with Crippen LogP contribution in [0.4, 0.5) is 0 Å². The molecular weight excluding hydrogens is 268 g/mol. The van der Waals surface area contributed by atoms with Gasteiger partial charge in [-0.1, -0.05) is 0 Å². The van der Waals surface area contributed by atoms with Crippen molar-refractivity contribution in [2.75, 3.05) is 26.2 Å². The first-order valence-corrected chi connectivity index (χ1v) is 7.90. The molecule has 3 rings (SSSR count). The van der Waals surface area contributed by atoms with Crippen molar-refractivity contribution >= 4 is 5.97 Å². The smallest absolute Gasteiger partial charge is 0.305 e. The molecule has 6 nitrogen and oxygen atoms in total. The maximum absolute atomic E-state index is 10.6. The van der Waals surface area contributed by atoms with Crippen molar-refractivity contribution in [1.82, 2.24) is 19.6 Å². The predicted molar refractivity (Wildman–Crippen MR) is 79.0 cm³/mol. The molecule has 0 radical (unpaired) electrons. The minimum atomic E-state index is -0.777. The van der Waals surface area contributed by atoms with Crippen LogP contribution in [-0.4, -0.2) is 62.9 Å². The fourth-order valence-electron chi connectivity index (χ4n) is 3.51. The van der Waals surface area contributed by atoms with Gasteiger partial charge >= 0.3 is 5.97 Å². The number of hydrogen-bond donors (Lipinski definition) is 1. The van der Waals surface area contributed by atoms with Gasteiger partial charge in [-0.2, -0.15) is 5.10 Å². The Balaban J connectivity index is 1.54. The molecule has 116 valence electrons. The first kappa shape index (κ1) is 14.5. The molecule has 2 aliphatic heterocycles. The highest BCUT2D eigenvalue weighted by Crippen LogP contribution is 2.22. The first-order valence-electron chi connectivity index (χ1n) is 7.90. The molecule has 0 saturated carbocycles. The largest absolute Gasteiger partial charge is 0.481 e. The van der Waals surface area contributed by atoms with Gasteiger partial charge in [0.1, 0.15) is 0 Å². The number of aliphatic carboxylic acids is 1. The Hall–Kier alpha value is -1.40. The second kappa shape index (κ2) is 6.58. The van der Waals surface area contributed by atoms with E-state index in [0.717, 1.165) is 25.7 Å². The lowest BCUT2D eigenvalue weighted by Gasteiger charge is -2.25. The summed E-state index contributed by atoms with van der Waals surface area (Å²) in [6.45, 7) is 6.18. The first-order chi connectivity index (χ1) is 10.2. The second-order valence-corrected chi connectivity index (χ2v) is 6.18. The normalized spacial score (nSPS) is 23.9. The Bertz CT molecular complexity index is 488. The molecule has 2 aliphatic rings. The molecule has 0 aliphatic carbocycles. The lowest BCUT2D eigenvalue weighted by Crippen LogP contribution is -2.36. The summed E-state index contributed by atoms with van der Waals surface area (Å²) >= 11 is 0. The van der Waals surface area contributed by atoms with Crippen LogP contribution in [0.2, 0.25) is 0 Å². The molecular formula is C15H24N4O2. The van der Waals surface area contributed by atoms with Crippen molar-refractivity contribution in [1.29, 1.82) is 0 Å². The Kier molecular flexibility index (Phi) is 4.55. The third-order valence-electron chi connectivity index (χ3n) is 4.54. The van der Waals surface area contributed by atoms with Gasteiger partial charge in [-0.15, -0.1) is 0 Å². The van der Waals surface area contributed by atoms with Crippen LogP contribution in [0.1, 0.15) is 31.2 Å². The average molecular weight is 292 g/mol. The zero-order valence-electron chi connectivity index (χ0n) is 12.4. The van der Waals surface area contributed by atoms with Crippen LogP contribution in [0.15, 0.2) is 12.4 Å². The molecule has 1 atom stereocenters. The molecule has 3 heterocycles. The van der Waals surface area contributed by atoms with E-state index in [4.69, 9.17) is 5.11 Å². The van der Waals surface area contributed by atoms with Gasteiger partial charge in [-0.3, -0.25) is 19.3 Å². The monoisotopic (exact) mass is 292 g/mol. The number of fused-ring (bicyclic) bond motifs is 1. The zero-order valence-corrected chi connectivity index (χ0v) is 12.4. The highest BCUT2D eigenvalue weighted by molar-refractivity contribution is 5.66. The summed E-state index contributed by atoms with van der Waals surface area (Å²) in [5.74, 6) is -0.777. The maximum atomic E-state index is 10.6. The van der Waals surface area contributed by atoms with E-state index in [9.17, 15) is 4.79 Å². The van der Waals surface area contributed by atoms with Crippen LogP contribution < -0.4 is 0 Å². The predicted octanol–water partition coefficient (Wildman–Crippen LogP) is 1.03. The summed E-state index contributed by atoms with van der Waals surface area (Å²) in [7, 11) is 0. The standard InChI is InChI=1S/C15H24N4O2/c20-15(21)4-8-19-11-13(9-16-19)10-17-5-2-7-18-6-1-3-14(18)12-17/h9,11,14H,1-8,10,12H2,(H,20,21)/t14-/m0/s1. The Labute approximate surface area is 125 Å². The van der Waals surface area contributed by atoms with E-state index in [-0.39, 0.29) is 6.42 Å². The van der Waals surface area contributed by atoms with Gasteiger partial charge in [0.15, 0.2) is 0 Å². The van der Waals surface area contributed by atoms with Crippen LogP contribution in [0.25, 0.3) is 0 Å². The number of nitrogens with zero attached hydrogens (tertiary/aromatic N) is 4. The fraction of sp³-hybridized carbons (Fsp3) is 0.733. The van der Waals surface area contributed by atoms with E-state index in [1.54, 1.807) is 4.68 Å². The second-order valence-electron chi connectivity index (χ2n) is 6.18. The van der Waals surface area contributed by atoms with Crippen LogP contribution in [0.3, 0.4) is 0 Å². The van der Waals surface area contributed by atoms with Crippen molar-refractivity contribution < 1.29 is 9.90 Å². The van der Waals surface area contributed by atoms with Crippen LogP contribution in [-0.2, 0) is 17.9 Å². The maximum Gasteiger partial charge on any atom is 0.305 e. The third kappa shape index (κ3) is 3.83. The van der Waals surface area contributed by atoms with Gasteiger partial charge in [0.25, 0.3) is 0 Å². The van der Waals surface area contributed by atoms with Gasteiger partial charge < -0.3 is 5.11 Å². The average Bonchev–Trinajstić information content (AvgIpc) is 3.03. The quantitative estimate of drug-likeness (QED) is 0.878. The van der Waals surface area contributed by atoms with Gasteiger partial charge in [-0.25, -0.2) is 0 Å². The van der Waals surface area contributed by atoms with Crippen LogP contribution in [0, 0.1) is 0 Å². The number of carboxylic acids is 1.